The highest BCUT2D eigenvalue weighted by Gasteiger charge is 2.28. The first-order valence-corrected chi connectivity index (χ1v) is 10.3. The van der Waals surface area contributed by atoms with Crippen molar-refractivity contribution in [3.05, 3.63) is 29.8 Å². The van der Waals surface area contributed by atoms with Crippen LogP contribution in [0.15, 0.2) is 29.2 Å². The Morgan fingerprint density at radius 1 is 1.12 bits per heavy atom. The lowest BCUT2D eigenvalue weighted by Crippen LogP contribution is -2.49. The number of nitrogens with zero attached hydrogens (tertiary/aromatic N) is 1. The Labute approximate surface area is 155 Å². The summed E-state index contributed by atoms with van der Waals surface area (Å²) < 4.78 is 27.6. The van der Waals surface area contributed by atoms with Crippen molar-refractivity contribution in [3.63, 3.8) is 0 Å². The third kappa shape index (κ3) is 6.76. The third-order valence-electron chi connectivity index (χ3n) is 3.86. The van der Waals surface area contributed by atoms with Crippen molar-refractivity contribution in [2.75, 3.05) is 13.1 Å². The molecule has 1 aromatic carbocycles. The highest BCUT2D eigenvalue weighted by atomic mass is 32.2. The molecule has 26 heavy (non-hydrogen) atoms. The van der Waals surface area contributed by atoms with Crippen LogP contribution in [0.5, 0.6) is 0 Å². The van der Waals surface area contributed by atoms with Crippen molar-refractivity contribution < 1.29 is 23.1 Å². The molecule has 1 atom stereocenters. The van der Waals surface area contributed by atoms with Crippen LogP contribution in [0.4, 0.5) is 0 Å². The fraction of sp³-hybridized carbons (Fsp3) is 0.556. The van der Waals surface area contributed by atoms with Gasteiger partial charge < -0.3 is 14.8 Å². The number of aryl methyl sites for hydroxylation is 1. The van der Waals surface area contributed by atoms with Gasteiger partial charge in [-0.25, -0.2) is 8.42 Å². The molecule has 0 aliphatic carbocycles. The summed E-state index contributed by atoms with van der Waals surface area (Å²) >= 11 is 0. The van der Waals surface area contributed by atoms with Crippen LogP contribution in [0.2, 0.25) is 0 Å². The average molecular weight is 383 g/mol. The van der Waals surface area contributed by atoms with E-state index in [1.54, 1.807) is 17.0 Å². The molecule has 0 fully saturated rings. The highest BCUT2D eigenvalue weighted by Crippen LogP contribution is 2.13. The molecule has 0 saturated carbocycles. The number of carbonyl (C=O) groups excluding carboxylic acids is 2. The van der Waals surface area contributed by atoms with Gasteiger partial charge in [0.25, 0.3) is 0 Å². The molecule has 1 aromatic rings. The lowest BCUT2D eigenvalue weighted by molar-refractivity contribution is -0.305. The summed E-state index contributed by atoms with van der Waals surface area (Å²) in [5, 5.41) is 10.8. The zero-order valence-corrected chi connectivity index (χ0v) is 16.3. The monoisotopic (exact) mass is 383 g/mol. The van der Waals surface area contributed by atoms with Gasteiger partial charge in [0.15, 0.2) is 0 Å². The van der Waals surface area contributed by atoms with Gasteiger partial charge in [0.2, 0.25) is 15.9 Å². The number of rotatable bonds is 11. The standard InChI is InChI=1S/C18H28N2O5S/c1-4-12-20(13-5-2)18(23)16(10-11-17(21)22)19-26(24,25)15-8-6-14(3)7-9-15/h6-9,16,19H,4-5,10-13H2,1-3H3,(H,21,22)/p-1/t16-/m0/s1. The van der Waals surface area contributed by atoms with E-state index < -0.39 is 34.4 Å². The number of carboxylic acid groups (broad SMARTS) is 1. The summed E-state index contributed by atoms with van der Waals surface area (Å²) in [7, 11) is -3.94. The maximum atomic E-state index is 12.8. The molecule has 8 heteroatoms. The molecule has 0 bridgehead atoms. The van der Waals surface area contributed by atoms with Gasteiger partial charge in [0.1, 0.15) is 6.04 Å². The van der Waals surface area contributed by atoms with Gasteiger partial charge in [-0.05, 0) is 44.7 Å². The van der Waals surface area contributed by atoms with E-state index in [4.69, 9.17) is 0 Å². The Balaban J connectivity index is 3.06. The Morgan fingerprint density at radius 2 is 1.65 bits per heavy atom. The Morgan fingerprint density at radius 3 is 2.12 bits per heavy atom. The van der Waals surface area contributed by atoms with Crippen LogP contribution in [0.3, 0.4) is 0 Å². The minimum Gasteiger partial charge on any atom is -0.550 e. The van der Waals surface area contributed by atoms with Crippen molar-refractivity contribution in [3.8, 4) is 0 Å². The largest absolute Gasteiger partial charge is 0.550 e. The molecule has 0 spiro atoms. The van der Waals surface area contributed by atoms with Crippen LogP contribution in [0.1, 0.15) is 45.1 Å². The topological polar surface area (TPSA) is 107 Å². The molecule has 0 aliphatic heterocycles. The molecule has 0 unspecified atom stereocenters. The zero-order valence-electron chi connectivity index (χ0n) is 15.5. The second kappa shape index (κ2) is 10.3. The number of hydrogen-bond acceptors (Lipinski definition) is 5. The molecular formula is C18H27N2O5S-. The zero-order chi connectivity index (χ0) is 19.7. The van der Waals surface area contributed by atoms with Crippen LogP contribution < -0.4 is 9.83 Å². The van der Waals surface area contributed by atoms with Crippen molar-refractivity contribution in [2.24, 2.45) is 0 Å². The van der Waals surface area contributed by atoms with E-state index in [0.29, 0.717) is 13.1 Å². The smallest absolute Gasteiger partial charge is 0.241 e. The maximum Gasteiger partial charge on any atom is 0.241 e. The Bertz CT molecular complexity index is 695. The molecule has 146 valence electrons. The molecule has 0 saturated heterocycles. The fourth-order valence-corrected chi connectivity index (χ4v) is 3.78. The number of hydrogen-bond donors (Lipinski definition) is 1. The van der Waals surface area contributed by atoms with Crippen LogP contribution in [0, 0.1) is 6.92 Å². The summed E-state index contributed by atoms with van der Waals surface area (Å²) in [5.41, 5.74) is 0.908. The number of carboxylic acids is 1. The molecule has 0 heterocycles. The van der Waals surface area contributed by atoms with Gasteiger partial charge in [-0.3, -0.25) is 4.79 Å². The summed E-state index contributed by atoms with van der Waals surface area (Å²) in [5.74, 6) is -1.74. The van der Waals surface area contributed by atoms with E-state index >= 15 is 0 Å². The second-order valence-electron chi connectivity index (χ2n) is 6.22. The second-order valence-corrected chi connectivity index (χ2v) is 7.94. The first-order chi connectivity index (χ1) is 12.2. The van der Waals surface area contributed by atoms with Crippen LogP contribution >= 0.6 is 0 Å². The minimum atomic E-state index is -3.94. The van der Waals surface area contributed by atoms with Crippen LogP contribution in [0.25, 0.3) is 0 Å². The number of carbonyl (C=O) groups is 2. The highest BCUT2D eigenvalue weighted by molar-refractivity contribution is 7.89. The van der Waals surface area contributed by atoms with Crippen molar-refractivity contribution in [1.82, 2.24) is 9.62 Å². The first kappa shape index (κ1) is 22.1. The fourth-order valence-electron chi connectivity index (χ4n) is 2.56. The van der Waals surface area contributed by atoms with Crippen molar-refractivity contribution in [1.29, 1.82) is 0 Å². The summed E-state index contributed by atoms with van der Waals surface area (Å²) in [4.78, 5) is 25.2. The molecule has 0 radical (unpaired) electrons. The molecule has 0 aromatic heterocycles. The number of nitrogens with one attached hydrogen (secondary N) is 1. The van der Waals surface area contributed by atoms with Crippen LogP contribution in [-0.2, 0) is 19.6 Å². The molecule has 1 N–H and O–H groups in total. The lowest BCUT2D eigenvalue weighted by Gasteiger charge is -2.27. The van der Waals surface area contributed by atoms with Crippen LogP contribution in [-0.4, -0.2) is 44.3 Å². The minimum absolute atomic E-state index is 0.0342. The molecular weight excluding hydrogens is 356 g/mol. The molecule has 7 nitrogen and oxygen atoms in total. The number of amides is 1. The van der Waals surface area contributed by atoms with Gasteiger partial charge in [-0.15, -0.1) is 0 Å². The van der Waals surface area contributed by atoms with Gasteiger partial charge in [-0.1, -0.05) is 31.5 Å². The lowest BCUT2D eigenvalue weighted by atomic mass is 10.1. The number of aliphatic carboxylic acids is 1. The summed E-state index contributed by atoms with van der Waals surface area (Å²) in [6.45, 7) is 6.65. The maximum absolute atomic E-state index is 12.8. The predicted octanol–water partition coefficient (Wildman–Crippen LogP) is 0.821. The Hall–Kier alpha value is -1.93. The summed E-state index contributed by atoms with van der Waals surface area (Å²) in [6.07, 6.45) is 0.891. The van der Waals surface area contributed by atoms with E-state index in [-0.39, 0.29) is 11.3 Å². The quantitative estimate of drug-likeness (QED) is 0.609. The first-order valence-electron chi connectivity index (χ1n) is 8.78. The van der Waals surface area contributed by atoms with Crippen molar-refractivity contribution in [2.45, 2.75) is 57.4 Å². The molecule has 1 rings (SSSR count). The van der Waals surface area contributed by atoms with Crippen molar-refractivity contribution >= 4 is 21.9 Å². The normalized spacial score (nSPS) is 12.6. The average Bonchev–Trinajstić information content (AvgIpc) is 2.58. The molecule has 0 aliphatic rings. The van der Waals surface area contributed by atoms with E-state index in [1.807, 2.05) is 20.8 Å². The Kier molecular flexibility index (Phi) is 8.74. The van der Waals surface area contributed by atoms with E-state index in [0.717, 1.165) is 18.4 Å². The SMILES string of the molecule is CCCN(CCC)C(=O)[C@H](CCC(=O)[O-])NS(=O)(=O)c1ccc(C)cc1. The van der Waals surface area contributed by atoms with Gasteiger partial charge >= 0.3 is 0 Å². The van der Waals surface area contributed by atoms with Gasteiger partial charge in [-0.2, -0.15) is 4.72 Å². The summed E-state index contributed by atoms with van der Waals surface area (Å²) in [6, 6.07) is 5.08. The number of sulfonamides is 1. The molecule has 1 amide bonds. The van der Waals surface area contributed by atoms with Gasteiger partial charge in [0, 0.05) is 19.1 Å². The third-order valence-corrected chi connectivity index (χ3v) is 5.35. The number of benzene rings is 1. The predicted molar refractivity (Wildman–Crippen MR) is 96.7 cm³/mol. The van der Waals surface area contributed by atoms with E-state index in [1.165, 1.54) is 12.1 Å². The van der Waals surface area contributed by atoms with E-state index in [2.05, 4.69) is 4.72 Å². The van der Waals surface area contributed by atoms with Gasteiger partial charge in [0.05, 0.1) is 4.90 Å². The van der Waals surface area contributed by atoms with E-state index in [9.17, 15) is 23.1 Å².